The molecule has 0 saturated heterocycles. The van der Waals surface area contributed by atoms with Crippen molar-refractivity contribution in [2.45, 2.75) is 31.6 Å². The van der Waals surface area contributed by atoms with E-state index in [2.05, 4.69) is 0 Å². The molecule has 0 heterocycles. The molecule has 1 unspecified atom stereocenters. The second kappa shape index (κ2) is 3.97. The number of carboxylic acid groups (broad SMARTS) is 1. The van der Waals surface area contributed by atoms with Crippen LogP contribution in [0.1, 0.15) is 20.8 Å². The predicted octanol–water partition coefficient (Wildman–Crippen LogP) is 0.930. The molecule has 4 heteroatoms. The second-order valence-electron chi connectivity index (χ2n) is 3.08. The minimum Gasteiger partial charge on any atom is -0.480 e. The molecule has 0 aliphatic heterocycles. The van der Waals surface area contributed by atoms with Gasteiger partial charge in [-0.25, -0.2) is 0 Å². The van der Waals surface area contributed by atoms with Crippen LogP contribution < -0.4 is 5.73 Å². The van der Waals surface area contributed by atoms with Gasteiger partial charge in [-0.1, -0.05) is 13.8 Å². The molecule has 0 fully saturated rings. The third-order valence-corrected chi connectivity index (χ3v) is 2.64. The zero-order valence-electron chi connectivity index (χ0n) is 7.13. The third kappa shape index (κ3) is 4.27. The van der Waals surface area contributed by atoms with E-state index >= 15 is 0 Å². The summed E-state index contributed by atoms with van der Waals surface area (Å²) in [5, 5.41) is 9.04. The van der Waals surface area contributed by atoms with E-state index in [-0.39, 0.29) is 0 Å². The SMILES string of the molecule is CC(C)SCC(C)(N)C(=O)O. The lowest BCUT2D eigenvalue weighted by molar-refractivity contribution is -0.141. The summed E-state index contributed by atoms with van der Waals surface area (Å²) in [7, 11) is 0. The molecule has 0 radical (unpaired) electrons. The minimum absolute atomic E-state index is 0.428. The average molecular weight is 177 g/mol. The largest absolute Gasteiger partial charge is 0.480 e. The molecule has 0 bridgehead atoms. The Balaban J connectivity index is 3.83. The van der Waals surface area contributed by atoms with Gasteiger partial charge in [0.15, 0.2) is 0 Å². The highest BCUT2D eigenvalue weighted by Gasteiger charge is 2.27. The number of hydrogen-bond donors (Lipinski definition) is 2. The Morgan fingerprint density at radius 3 is 2.45 bits per heavy atom. The smallest absolute Gasteiger partial charge is 0.324 e. The number of carbonyl (C=O) groups is 1. The molecular weight excluding hydrogens is 162 g/mol. The molecule has 0 aromatic carbocycles. The number of aliphatic carboxylic acids is 1. The van der Waals surface area contributed by atoms with Gasteiger partial charge in [0.2, 0.25) is 0 Å². The van der Waals surface area contributed by atoms with Gasteiger partial charge in [0, 0.05) is 5.75 Å². The van der Waals surface area contributed by atoms with E-state index < -0.39 is 11.5 Å². The van der Waals surface area contributed by atoms with Gasteiger partial charge in [0.25, 0.3) is 0 Å². The van der Waals surface area contributed by atoms with Crippen molar-refractivity contribution < 1.29 is 9.90 Å². The summed E-state index contributed by atoms with van der Waals surface area (Å²) < 4.78 is 0. The molecule has 0 aromatic rings. The topological polar surface area (TPSA) is 63.3 Å². The first-order valence-electron chi connectivity index (χ1n) is 3.50. The molecule has 11 heavy (non-hydrogen) atoms. The first kappa shape index (κ1) is 10.8. The number of rotatable bonds is 4. The Hall–Kier alpha value is -0.220. The highest BCUT2D eigenvalue weighted by molar-refractivity contribution is 7.99. The fraction of sp³-hybridized carbons (Fsp3) is 0.857. The van der Waals surface area contributed by atoms with Gasteiger partial charge < -0.3 is 10.8 Å². The number of carboxylic acids is 1. The van der Waals surface area contributed by atoms with E-state index in [1.54, 1.807) is 11.8 Å². The van der Waals surface area contributed by atoms with Crippen molar-refractivity contribution in [1.82, 2.24) is 0 Å². The Bertz CT molecular complexity index is 145. The van der Waals surface area contributed by atoms with Crippen molar-refractivity contribution in [2.24, 2.45) is 5.73 Å². The zero-order chi connectivity index (χ0) is 9.07. The van der Waals surface area contributed by atoms with Crippen LogP contribution in [0.15, 0.2) is 0 Å². The summed E-state index contributed by atoms with van der Waals surface area (Å²) in [6, 6.07) is 0. The molecule has 0 amide bonds. The monoisotopic (exact) mass is 177 g/mol. The first-order valence-corrected chi connectivity index (χ1v) is 4.55. The Morgan fingerprint density at radius 1 is 1.73 bits per heavy atom. The quantitative estimate of drug-likeness (QED) is 0.670. The Kier molecular flexibility index (Phi) is 3.89. The van der Waals surface area contributed by atoms with Crippen LogP contribution in [0.2, 0.25) is 0 Å². The van der Waals surface area contributed by atoms with Gasteiger partial charge in [-0.3, -0.25) is 4.79 Å². The maximum absolute atomic E-state index is 10.5. The van der Waals surface area contributed by atoms with Gasteiger partial charge in [0.05, 0.1) is 0 Å². The van der Waals surface area contributed by atoms with E-state index in [9.17, 15) is 4.79 Å². The lowest BCUT2D eigenvalue weighted by Gasteiger charge is -2.19. The maximum Gasteiger partial charge on any atom is 0.324 e. The van der Waals surface area contributed by atoms with Gasteiger partial charge in [-0.05, 0) is 12.2 Å². The van der Waals surface area contributed by atoms with Crippen LogP contribution in [0.3, 0.4) is 0 Å². The zero-order valence-corrected chi connectivity index (χ0v) is 7.94. The molecule has 0 rings (SSSR count). The van der Waals surface area contributed by atoms with Crippen molar-refractivity contribution in [3.63, 3.8) is 0 Å². The average Bonchev–Trinajstić information content (AvgIpc) is 1.84. The van der Waals surface area contributed by atoms with Crippen molar-refractivity contribution in [3.05, 3.63) is 0 Å². The normalized spacial score (nSPS) is 16.5. The first-order chi connectivity index (χ1) is 4.86. The Labute approximate surface area is 71.3 Å². The highest BCUT2D eigenvalue weighted by Crippen LogP contribution is 2.15. The van der Waals surface area contributed by atoms with Crippen molar-refractivity contribution in [3.8, 4) is 0 Å². The van der Waals surface area contributed by atoms with Crippen LogP contribution in [0, 0.1) is 0 Å². The van der Waals surface area contributed by atoms with Gasteiger partial charge in [-0.2, -0.15) is 11.8 Å². The van der Waals surface area contributed by atoms with E-state index in [1.807, 2.05) is 13.8 Å². The lowest BCUT2D eigenvalue weighted by Crippen LogP contribution is -2.47. The van der Waals surface area contributed by atoms with Gasteiger partial charge in [-0.15, -0.1) is 0 Å². The second-order valence-corrected chi connectivity index (χ2v) is 4.65. The van der Waals surface area contributed by atoms with Crippen LogP contribution in [-0.2, 0) is 4.79 Å². The molecule has 66 valence electrons. The molecule has 3 N–H and O–H groups in total. The van der Waals surface area contributed by atoms with E-state index in [4.69, 9.17) is 10.8 Å². The van der Waals surface area contributed by atoms with E-state index in [1.165, 1.54) is 6.92 Å². The van der Waals surface area contributed by atoms with Crippen molar-refractivity contribution in [2.75, 3.05) is 5.75 Å². The lowest BCUT2D eigenvalue weighted by atomic mass is 10.1. The molecule has 0 aliphatic rings. The fourth-order valence-electron chi connectivity index (χ4n) is 0.402. The molecule has 0 spiro atoms. The summed E-state index contributed by atoms with van der Waals surface area (Å²) in [5.41, 5.74) is 4.40. The summed E-state index contributed by atoms with van der Waals surface area (Å²) in [5.74, 6) is -0.481. The van der Waals surface area contributed by atoms with Gasteiger partial charge >= 0.3 is 5.97 Å². The van der Waals surface area contributed by atoms with Crippen LogP contribution >= 0.6 is 11.8 Å². The molecule has 3 nitrogen and oxygen atoms in total. The molecule has 0 aliphatic carbocycles. The van der Waals surface area contributed by atoms with Crippen LogP contribution in [0.4, 0.5) is 0 Å². The molecule has 0 saturated carbocycles. The van der Waals surface area contributed by atoms with Crippen LogP contribution in [0.5, 0.6) is 0 Å². The highest BCUT2D eigenvalue weighted by atomic mass is 32.2. The predicted molar refractivity (Wildman–Crippen MR) is 47.8 cm³/mol. The minimum atomic E-state index is -1.09. The fourth-order valence-corrected chi connectivity index (χ4v) is 1.20. The molecular formula is C7H15NO2S. The number of hydrogen-bond acceptors (Lipinski definition) is 3. The number of thioether (sulfide) groups is 1. The standard InChI is InChI=1S/C7H15NO2S/c1-5(2)11-4-7(3,8)6(9)10/h5H,4,8H2,1-3H3,(H,9,10). The molecule has 0 aromatic heterocycles. The summed E-state index contributed by atoms with van der Waals surface area (Å²) in [6.07, 6.45) is 0. The van der Waals surface area contributed by atoms with Crippen molar-refractivity contribution >= 4 is 17.7 Å². The Morgan fingerprint density at radius 2 is 2.18 bits per heavy atom. The van der Waals surface area contributed by atoms with Gasteiger partial charge in [0.1, 0.15) is 5.54 Å². The van der Waals surface area contributed by atoms with Crippen LogP contribution in [-0.4, -0.2) is 27.6 Å². The maximum atomic E-state index is 10.5. The van der Waals surface area contributed by atoms with E-state index in [0.29, 0.717) is 11.0 Å². The summed E-state index contributed by atoms with van der Waals surface area (Å²) >= 11 is 1.56. The van der Waals surface area contributed by atoms with Crippen LogP contribution in [0.25, 0.3) is 0 Å². The summed E-state index contributed by atoms with van der Waals surface area (Å²) in [6.45, 7) is 5.57. The van der Waals surface area contributed by atoms with E-state index in [0.717, 1.165) is 0 Å². The number of nitrogens with two attached hydrogens (primary N) is 1. The third-order valence-electron chi connectivity index (χ3n) is 1.21. The molecule has 1 atom stereocenters. The summed E-state index contributed by atoms with van der Waals surface area (Å²) in [4.78, 5) is 10.5. The van der Waals surface area contributed by atoms with Crippen molar-refractivity contribution in [1.29, 1.82) is 0 Å².